The molecule has 12 heteroatoms. The van der Waals surface area contributed by atoms with Crippen molar-refractivity contribution in [3.05, 3.63) is 65.5 Å². The molecule has 0 spiro atoms. The molecular weight excluding hydrogens is 566 g/mol. The Morgan fingerprint density at radius 1 is 1.02 bits per heavy atom. The fourth-order valence-corrected chi connectivity index (χ4v) is 7.70. The number of allylic oxidation sites excluding steroid dienone is 2. The van der Waals surface area contributed by atoms with Crippen molar-refractivity contribution in [1.82, 2.24) is 5.06 Å². The van der Waals surface area contributed by atoms with Gasteiger partial charge >= 0.3 is 0 Å². The monoisotopic (exact) mass is 588 g/mol. The Morgan fingerprint density at radius 2 is 1.73 bits per heavy atom. The van der Waals surface area contributed by atoms with E-state index in [1.165, 1.54) is 24.3 Å². The van der Waals surface area contributed by atoms with Crippen LogP contribution >= 0.6 is 23.2 Å². The topological polar surface area (TPSA) is 124 Å². The number of phenols is 1. The highest BCUT2D eigenvalue weighted by molar-refractivity contribution is 6.58. The van der Waals surface area contributed by atoms with Gasteiger partial charge in [-0.15, -0.1) is 23.2 Å². The van der Waals surface area contributed by atoms with Crippen molar-refractivity contribution in [3.8, 4) is 11.5 Å². The van der Waals surface area contributed by atoms with E-state index in [1.807, 2.05) is 0 Å². The summed E-state index contributed by atoms with van der Waals surface area (Å²) < 4.78 is 19.3. The Labute approximate surface area is 237 Å². The summed E-state index contributed by atoms with van der Waals surface area (Å²) in [4.78, 5) is 50.5. The standard InChI is InChI=1S/C28H23Cl2FN2O7/c1-2-40-19-5-3-4-17(22(19)34)21-15-10-11-16-20(24(36)33(39)23(16)35)18(15)12-27(29)25(37)32(26(38)28(21,27)30)14-8-6-13(31)7-9-14/h3-10,16,18,20-21,34,39H,2,11-12H2,1H3/t16-,18+,20-,21+,27+,28-/m0/s1. The van der Waals surface area contributed by atoms with Crippen molar-refractivity contribution in [2.24, 2.45) is 17.8 Å². The van der Waals surface area contributed by atoms with E-state index in [-0.39, 0.29) is 47.3 Å². The molecule has 0 aromatic heterocycles. The molecule has 6 atom stereocenters. The Kier molecular flexibility index (Phi) is 6.03. The van der Waals surface area contributed by atoms with E-state index in [9.17, 15) is 33.9 Å². The van der Waals surface area contributed by atoms with Crippen molar-refractivity contribution in [2.75, 3.05) is 11.5 Å². The number of para-hydroxylation sites is 1. The number of aromatic hydroxyl groups is 1. The second kappa shape index (κ2) is 9.02. The normalized spacial score (nSPS) is 33.1. The number of amides is 4. The van der Waals surface area contributed by atoms with Gasteiger partial charge in [-0.1, -0.05) is 23.8 Å². The van der Waals surface area contributed by atoms with Crippen LogP contribution in [0.25, 0.3) is 0 Å². The van der Waals surface area contributed by atoms with Crippen molar-refractivity contribution in [1.29, 1.82) is 0 Å². The number of rotatable bonds is 4. The lowest BCUT2D eigenvalue weighted by molar-refractivity contribution is -0.173. The highest BCUT2D eigenvalue weighted by Gasteiger charge is 2.77. The Bertz CT molecular complexity index is 1510. The van der Waals surface area contributed by atoms with Crippen LogP contribution in [-0.2, 0) is 19.2 Å². The molecule has 2 aliphatic carbocycles. The van der Waals surface area contributed by atoms with Gasteiger partial charge in [-0.2, -0.15) is 5.06 Å². The average molecular weight is 589 g/mol. The fraction of sp³-hybridized carbons (Fsp3) is 0.357. The van der Waals surface area contributed by atoms with E-state index in [1.54, 1.807) is 19.1 Å². The van der Waals surface area contributed by atoms with Gasteiger partial charge in [-0.3, -0.25) is 24.4 Å². The van der Waals surface area contributed by atoms with Gasteiger partial charge in [0, 0.05) is 11.5 Å². The predicted molar refractivity (Wildman–Crippen MR) is 140 cm³/mol. The van der Waals surface area contributed by atoms with Gasteiger partial charge < -0.3 is 9.84 Å². The summed E-state index contributed by atoms with van der Waals surface area (Å²) in [6.07, 6.45) is 1.43. The van der Waals surface area contributed by atoms with Gasteiger partial charge in [-0.05, 0) is 56.0 Å². The summed E-state index contributed by atoms with van der Waals surface area (Å²) in [5.74, 6) is -8.23. The Hall–Kier alpha value is -3.47. The maximum atomic E-state index is 14.2. The molecule has 40 heavy (non-hydrogen) atoms. The van der Waals surface area contributed by atoms with Crippen LogP contribution in [0.4, 0.5) is 10.1 Å². The van der Waals surface area contributed by atoms with Gasteiger partial charge in [-0.25, -0.2) is 9.29 Å². The van der Waals surface area contributed by atoms with Crippen LogP contribution in [-0.4, -0.2) is 55.4 Å². The molecule has 0 bridgehead atoms. The van der Waals surface area contributed by atoms with Crippen LogP contribution < -0.4 is 9.64 Å². The number of ether oxygens (including phenoxy) is 1. The number of alkyl halides is 2. The van der Waals surface area contributed by atoms with Gasteiger partial charge in [0.15, 0.2) is 21.2 Å². The van der Waals surface area contributed by atoms with Crippen LogP contribution in [0.1, 0.15) is 31.2 Å². The quantitative estimate of drug-likeness (QED) is 0.240. The van der Waals surface area contributed by atoms with Gasteiger partial charge in [0.25, 0.3) is 23.6 Å². The number of carbonyl (C=O) groups excluding carboxylic acids is 4. The number of fused-ring (bicyclic) bond motifs is 4. The number of benzene rings is 2. The zero-order valence-corrected chi connectivity index (χ0v) is 22.5. The number of hydrogen-bond acceptors (Lipinski definition) is 7. The lowest BCUT2D eigenvalue weighted by atomic mass is 9.56. The number of imide groups is 2. The molecule has 9 nitrogen and oxygen atoms in total. The molecule has 3 fully saturated rings. The van der Waals surface area contributed by atoms with Crippen molar-refractivity contribution >= 4 is 52.5 Å². The average Bonchev–Trinajstić information content (AvgIpc) is 3.24. The van der Waals surface area contributed by atoms with E-state index in [0.29, 0.717) is 5.57 Å². The zero-order valence-electron chi connectivity index (χ0n) is 21.0. The molecule has 6 rings (SSSR count). The maximum absolute atomic E-state index is 14.2. The summed E-state index contributed by atoms with van der Waals surface area (Å²) in [7, 11) is 0. The third-order valence-electron chi connectivity index (χ3n) is 8.51. The number of nitrogens with zero attached hydrogens (tertiary/aromatic N) is 2. The van der Waals surface area contributed by atoms with E-state index < -0.39 is 62.9 Å². The maximum Gasteiger partial charge on any atom is 0.258 e. The Morgan fingerprint density at radius 3 is 2.40 bits per heavy atom. The molecule has 1 saturated carbocycles. The number of hydrogen-bond donors (Lipinski definition) is 2. The van der Waals surface area contributed by atoms with E-state index in [2.05, 4.69) is 0 Å². The minimum atomic E-state index is -2.19. The number of halogens is 3. The first-order valence-corrected chi connectivity index (χ1v) is 13.5. The van der Waals surface area contributed by atoms with Crippen molar-refractivity contribution in [3.63, 3.8) is 0 Å². The zero-order chi connectivity index (χ0) is 28.7. The van der Waals surface area contributed by atoms with E-state index >= 15 is 0 Å². The molecule has 2 aromatic rings. The Balaban J connectivity index is 1.59. The molecule has 0 radical (unpaired) electrons. The number of carbonyl (C=O) groups is 4. The first-order chi connectivity index (χ1) is 19.0. The SMILES string of the molecule is CCOc1cccc([C@H]2C3=CC[C@@H]4C(=O)N(O)C(=O)[C@@H]4[C@@H]3C[C@@]3(Cl)C(=O)N(c4ccc(F)cc4)C(=O)[C@@]23Cl)c1O. The molecular formula is C28H23Cl2FN2O7. The third kappa shape index (κ3) is 3.30. The van der Waals surface area contributed by atoms with Crippen LogP contribution in [0.2, 0.25) is 0 Å². The molecule has 4 aliphatic rings. The predicted octanol–water partition coefficient (Wildman–Crippen LogP) is 3.88. The van der Waals surface area contributed by atoms with Gasteiger partial charge in [0.05, 0.1) is 24.1 Å². The van der Waals surface area contributed by atoms with Crippen molar-refractivity contribution in [2.45, 2.75) is 35.4 Å². The summed E-state index contributed by atoms with van der Waals surface area (Å²) in [6, 6.07) is 9.30. The molecule has 2 N–H and O–H groups in total. The van der Waals surface area contributed by atoms with E-state index in [0.717, 1.165) is 17.0 Å². The minimum Gasteiger partial charge on any atom is -0.504 e. The molecule has 208 valence electrons. The summed E-state index contributed by atoms with van der Waals surface area (Å²) >= 11 is 14.4. The second-order valence-corrected chi connectivity index (χ2v) is 11.6. The van der Waals surface area contributed by atoms with E-state index in [4.69, 9.17) is 27.9 Å². The highest BCUT2D eigenvalue weighted by atomic mass is 35.5. The van der Waals surface area contributed by atoms with Crippen molar-refractivity contribution < 1.29 is 38.6 Å². The lowest BCUT2D eigenvalue weighted by Crippen LogP contribution is -2.60. The smallest absolute Gasteiger partial charge is 0.258 e. The minimum absolute atomic E-state index is 0.0420. The van der Waals surface area contributed by atoms with Crippen LogP contribution in [0, 0.1) is 23.6 Å². The molecule has 2 heterocycles. The highest BCUT2D eigenvalue weighted by Crippen LogP contribution is 2.66. The molecule has 2 aliphatic heterocycles. The largest absolute Gasteiger partial charge is 0.504 e. The summed E-state index contributed by atoms with van der Waals surface area (Å²) in [6.45, 7) is 1.95. The molecule has 2 aromatic carbocycles. The number of phenolic OH excluding ortho intramolecular Hbond substituents is 1. The van der Waals surface area contributed by atoms with Gasteiger partial charge in [0.2, 0.25) is 0 Å². The summed E-state index contributed by atoms with van der Waals surface area (Å²) in [5.41, 5.74) is 0.621. The molecule has 4 amide bonds. The van der Waals surface area contributed by atoms with Crippen LogP contribution in [0.15, 0.2) is 54.1 Å². The fourth-order valence-electron chi connectivity index (χ4n) is 6.77. The molecule has 0 unspecified atom stereocenters. The lowest BCUT2D eigenvalue weighted by Gasteiger charge is -2.50. The first kappa shape index (κ1) is 26.7. The summed E-state index contributed by atoms with van der Waals surface area (Å²) in [5, 5.41) is 21.5. The number of anilines is 1. The van der Waals surface area contributed by atoms with Crippen LogP contribution in [0.3, 0.4) is 0 Å². The van der Waals surface area contributed by atoms with Gasteiger partial charge in [0.1, 0.15) is 5.82 Å². The molecule has 2 saturated heterocycles. The second-order valence-electron chi connectivity index (χ2n) is 10.4. The first-order valence-electron chi connectivity index (χ1n) is 12.7. The third-order valence-corrected chi connectivity index (χ3v) is 9.93. The number of hydroxylamine groups is 2. The van der Waals surface area contributed by atoms with Crippen LogP contribution in [0.5, 0.6) is 11.5 Å².